The Bertz CT molecular complexity index is 517. The molecule has 0 radical (unpaired) electrons. The lowest BCUT2D eigenvalue weighted by Crippen LogP contribution is -2.10. The molecular formula is C12H12N2O3. The quantitative estimate of drug-likeness (QED) is 0.702. The fourth-order valence-corrected chi connectivity index (χ4v) is 1.35. The van der Waals surface area contributed by atoms with Gasteiger partial charge in [0.05, 0.1) is 6.54 Å². The first kappa shape index (κ1) is 11.2. The van der Waals surface area contributed by atoms with Crippen molar-refractivity contribution in [2.75, 3.05) is 5.32 Å². The number of hydrogen-bond acceptors (Lipinski definition) is 4. The lowest BCUT2D eigenvalue weighted by Gasteiger charge is -2.02. The molecule has 0 spiro atoms. The van der Waals surface area contributed by atoms with Gasteiger partial charge in [-0.1, -0.05) is 0 Å². The van der Waals surface area contributed by atoms with Crippen molar-refractivity contribution in [3.05, 3.63) is 47.9 Å². The zero-order chi connectivity index (χ0) is 12.3. The minimum Gasteiger partial charge on any atom is -0.508 e. The Labute approximate surface area is 97.9 Å². The van der Waals surface area contributed by atoms with Gasteiger partial charge in [0.1, 0.15) is 11.5 Å². The summed E-state index contributed by atoms with van der Waals surface area (Å²) in [6.07, 6.45) is 0. The third kappa shape index (κ3) is 2.64. The molecule has 0 saturated carbocycles. The maximum atomic E-state index is 11.7. The van der Waals surface area contributed by atoms with E-state index in [0.717, 1.165) is 0 Å². The van der Waals surface area contributed by atoms with E-state index in [4.69, 9.17) is 15.3 Å². The number of benzene rings is 1. The first-order chi connectivity index (χ1) is 8.19. The van der Waals surface area contributed by atoms with Crippen molar-refractivity contribution in [3.8, 4) is 5.75 Å². The second kappa shape index (κ2) is 4.71. The molecule has 88 valence electrons. The Kier molecular flexibility index (Phi) is 3.11. The molecule has 2 rings (SSSR count). The third-order valence-corrected chi connectivity index (χ3v) is 2.21. The second-order valence-electron chi connectivity index (χ2n) is 3.47. The van der Waals surface area contributed by atoms with Crippen LogP contribution in [0.3, 0.4) is 0 Å². The number of anilines is 1. The summed E-state index contributed by atoms with van der Waals surface area (Å²) in [4.78, 5) is 11.7. The van der Waals surface area contributed by atoms with Crippen molar-refractivity contribution >= 4 is 11.6 Å². The molecular weight excluding hydrogens is 220 g/mol. The maximum Gasteiger partial charge on any atom is 0.291 e. The van der Waals surface area contributed by atoms with Gasteiger partial charge in [0.25, 0.3) is 5.91 Å². The molecule has 5 nitrogen and oxygen atoms in total. The smallest absolute Gasteiger partial charge is 0.291 e. The van der Waals surface area contributed by atoms with E-state index in [1.165, 1.54) is 12.1 Å². The molecule has 1 aromatic carbocycles. The average molecular weight is 232 g/mol. The maximum absolute atomic E-state index is 11.7. The number of nitrogens with one attached hydrogen (secondary N) is 1. The molecule has 2 aromatic rings. The molecule has 1 heterocycles. The molecule has 5 heteroatoms. The Morgan fingerprint density at radius 3 is 2.53 bits per heavy atom. The van der Waals surface area contributed by atoms with E-state index < -0.39 is 0 Å². The molecule has 0 aliphatic heterocycles. The second-order valence-corrected chi connectivity index (χ2v) is 3.47. The van der Waals surface area contributed by atoms with Gasteiger partial charge in [0, 0.05) is 5.69 Å². The number of carbonyl (C=O) groups excluding carboxylic acids is 1. The van der Waals surface area contributed by atoms with E-state index in [1.807, 2.05) is 0 Å². The van der Waals surface area contributed by atoms with Crippen LogP contribution in [0.25, 0.3) is 0 Å². The molecule has 1 amide bonds. The van der Waals surface area contributed by atoms with Crippen molar-refractivity contribution in [3.63, 3.8) is 0 Å². The summed E-state index contributed by atoms with van der Waals surface area (Å²) < 4.78 is 5.20. The summed E-state index contributed by atoms with van der Waals surface area (Å²) in [5.74, 6) is 0.557. The first-order valence-corrected chi connectivity index (χ1v) is 5.08. The normalized spacial score (nSPS) is 10.2. The zero-order valence-corrected chi connectivity index (χ0v) is 9.01. The fourth-order valence-electron chi connectivity index (χ4n) is 1.35. The van der Waals surface area contributed by atoms with E-state index in [1.54, 1.807) is 24.3 Å². The van der Waals surface area contributed by atoms with Crippen LogP contribution in [-0.2, 0) is 6.54 Å². The summed E-state index contributed by atoms with van der Waals surface area (Å²) >= 11 is 0. The molecule has 0 fully saturated rings. The highest BCUT2D eigenvalue weighted by Crippen LogP contribution is 2.15. The summed E-state index contributed by atoms with van der Waals surface area (Å²) in [5.41, 5.74) is 5.96. The number of phenols is 1. The Hall–Kier alpha value is -2.27. The van der Waals surface area contributed by atoms with Gasteiger partial charge in [-0.15, -0.1) is 0 Å². The van der Waals surface area contributed by atoms with Crippen LogP contribution < -0.4 is 11.1 Å². The zero-order valence-electron chi connectivity index (χ0n) is 9.01. The van der Waals surface area contributed by atoms with Crippen LogP contribution in [0.5, 0.6) is 5.75 Å². The van der Waals surface area contributed by atoms with Gasteiger partial charge >= 0.3 is 0 Å². The molecule has 0 unspecified atom stereocenters. The number of carbonyl (C=O) groups is 1. The molecule has 4 N–H and O–H groups in total. The lowest BCUT2D eigenvalue weighted by molar-refractivity contribution is 0.0995. The van der Waals surface area contributed by atoms with Crippen LogP contribution in [0.4, 0.5) is 5.69 Å². The average Bonchev–Trinajstić information content (AvgIpc) is 2.81. The predicted octanol–water partition coefficient (Wildman–Crippen LogP) is 1.70. The van der Waals surface area contributed by atoms with Gasteiger partial charge in [-0.2, -0.15) is 0 Å². The summed E-state index contributed by atoms with van der Waals surface area (Å²) in [5, 5.41) is 11.7. The highest BCUT2D eigenvalue weighted by molar-refractivity contribution is 6.02. The number of nitrogens with two attached hydrogens (primary N) is 1. The summed E-state index contributed by atoms with van der Waals surface area (Å²) in [7, 11) is 0. The van der Waals surface area contributed by atoms with Gasteiger partial charge in [-0.3, -0.25) is 4.79 Å². The van der Waals surface area contributed by atoms with Crippen LogP contribution >= 0.6 is 0 Å². The van der Waals surface area contributed by atoms with Gasteiger partial charge < -0.3 is 20.6 Å². The number of furan rings is 1. The highest BCUT2D eigenvalue weighted by Gasteiger charge is 2.10. The number of phenolic OH excluding ortho intramolecular Hbond substituents is 1. The van der Waals surface area contributed by atoms with E-state index in [0.29, 0.717) is 11.4 Å². The van der Waals surface area contributed by atoms with Crippen molar-refractivity contribution < 1.29 is 14.3 Å². The van der Waals surface area contributed by atoms with Crippen LogP contribution in [0.2, 0.25) is 0 Å². The van der Waals surface area contributed by atoms with Gasteiger partial charge in [0.15, 0.2) is 5.76 Å². The number of hydrogen-bond donors (Lipinski definition) is 3. The molecule has 0 saturated heterocycles. The van der Waals surface area contributed by atoms with Gasteiger partial charge in [0.2, 0.25) is 0 Å². The Balaban J connectivity index is 2.08. The van der Waals surface area contributed by atoms with E-state index in [9.17, 15) is 4.79 Å². The third-order valence-electron chi connectivity index (χ3n) is 2.21. The van der Waals surface area contributed by atoms with Crippen molar-refractivity contribution in [2.45, 2.75) is 6.54 Å². The summed E-state index contributed by atoms with van der Waals surface area (Å²) in [6, 6.07) is 9.40. The molecule has 0 atom stereocenters. The molecule has 0 bridgehead atoms. The monoisotopic (exact) mass is 232 g/mol. The standard InChI is InChI=1S/C12H12N2O3/c13-7-10-5-6-11(17-10)12(16)14-8-1-3-9(15)4-2-8/h1-6,15H,7,13H2,(H,14,16). The number of amides is 1. The molecule has 1 aromatic heterocycles. The first-order valence-electron chi connectivity index (χ1n) is 5.08. The van der Waals surface area contributed by atoms with Crippen LogP contribution in [0.1, 0.15) is 16.3 Å². The van der Waals surface area contributed by atoms with E-state index in [-0.39, 0.29) is 24.0 Å². The van der Waals surface area contributed by atoms with E-state index in [2.05, 4.69) is 5.32 Å². The lowest BCUT2D eigenvalue weighted by atomic mass is 10.3. The van der Waals surface area contributed by atoms with Gasteiger partial charge in [-0.05, 0) is 36.4 Å². The Morgan fingerprint density at radius 2 is 1.94 bits per heavy atom. The van der Waals surface area contributed by atoms with E-state index >= 15 is 0 Å². The fraction of sp³-hybridized carbons (Fsp3) is 0.0833. The van der Waals surface area contributed by atoms with Crippen molar-refractivity contribution in [1.29, 1.82) is 0 Å². The van der Waals surface area contributed by atoms with Gasteiger partial charge in [-0.25, -0.2) is 0 Å². The van der Waals surface area contributed by atoms with Crippen LogP contribution in [0, 0.1) is 0 Å². The topological polar surface area (TPSA) is 88.5 Å². The molecule has 0 aliphatic rings. The van der Waals surface area contributed by atoms with Crippen LogP contribution in [0.15, 0.2) is 40.8 Å². The van der Waals surface area contributed by atoms with Crippen molar-refractivity contribution in [1.82, 2.24) is 0 Å². The minimum absolute atomic E-state index is 0.145. The number of rotatable bonds is 3. The predicted molar refractivity (Wildman–Crippen MR) is 62.7 cm³/mol. The van der Waals surface area contributed by atoms with Crippen molar-refractivity contribution in [2.24, 2.45) is 5.73 Å². The Morgan fingerprint density at radius 1 is 1.24 bits per heavy atom. The van der Waals surface area contributed by atoms with Crippen LogP contribution in [-0.4, -0.2) is 11.0 Å². The molecule has 0 aliphatic carbocycles. The number of aromatic hydroxyl groups is 1. The SMILES string of the molecule is NCc1ccc(C(=O)Nc2ccc(O)cc2)o1. The minimum atomic E-state index is -0.351. The molecule has 17 heavy (non-hydrogen) atoms. The largest absolute Gasteiger partial charge is 0.508 e. The summed E-state index contributed by atoms with van der Waals surface area (Å²) in [6.45, 7) is 0.256. The highest BCUT2D eigenvalue weighted by atomic mass is 16.4.